The van der Waals surface area contributed by atoms with Gasteiger partial charge in [-0.2, -0.15) is 0 Å². The van der Waals surface area contributed by atoms with Gasteiger partial charge in [0.2, 0.25) is 5.91 Å². The average molecular weight is 304 g/mol. The predicted octanol–water partition coefficient (Wildman–Crippen LogP) is 0.534. The number of nitrogens with zero attached hydrogens (tertiary/aromatic N) is 2. The Balaban J connectivity index is 1.54. The molecule has 6 heteroatoms. The summed E-state index contributed by atoms with van der Waals surface area (Å²) in [5.41, 5.74) is 1.09. The molecule has 6 nitrogen and oxygen atoms in total. The molecular formula is C16H24N4O2. The number of morpholine rings is 1. The van der Waals surface area contributed by atoms with Gasteiger partial charge in [-0.1, -0.05) is 0 Å². The molecule has 2 aliphatic heterocycles. The van der Waals surface area contributed by atoms with Crippen LogP contribution >= 0.6 is 0 Å². The third kappa shape index (κ3) is 3.96. The van der Waals surface area contributed by atoms with Crippen molar-refractivity contribution in [1.82, 2.24) is 15.6 Å². The summed E-state index contributed by atoms with van der Waals surface area (Å²) >= 11 is 0. The minimum absolute atomic E-state index is 0.106. The van der Waals surface area contributed by atoms with Crippen LogP contribution in [0.5, 0.6) is 0 Å². The molecule has 0 radical (unpaired) electrons. The Morgan fingerprint density at radius 1 is 1.45 bits per heavy atom. The van der Waals surface area contributed by atoms with E-state index in [9.17, 15) is 4.79 Å². The highest BCUT2D eigenvalue weighted by Crippen LogP contribution is 2.15. The number of nitrogens with one attached hydrogen (secondary N) is 2. The zero-order valence-corrected chi connectivity index (χ0v) is 12.9. The number of ether oxygens (including phenoxy) is 1. The molecule has 2 N–H and O–H groups in total. The Labute approximate surface area is 131 Å². The van der Waals surface area contributed by atoms with Crippen molar-refractivity contribution in [3.8, 4) is 0 Å². The van der Waals surface area contributed by atoms with E-state index in [1.165, 1.54) is 0 Å². The number of pyridine rings is 1. The van der Waals surface area contributed by atoms with Gasteiger partial charge in [0.25, 0.3) is 0 Å². The second-order valence-corrected chi connectivity index (χ2v) is 5.88. The minimum atomic E-state index is 0.106. The first-order valence-corrected chi connectivity index (χ1v) is 8.09. The Hall–Kier alpha value is -1.66. The molecule has 1 aromatic rings. The Kier molecular flexibility index (Phi) is 5.24. The molecule has 2 aliphatic rings. The first-order chi connectivity index (χ1) is 10.8. The van der Waals surface area contributed by atoms with E-state index in [1.807, 2.05) is 12.3 Å². The zero-order valence-electron chi connectivity index (χ0n) is 12.9. The van der Waals surface area contributed by atoms with E-state index in [1.54, 1.807) is 0 Å². The van der Waals surface area contributed by atoms with E-state index in [4.69, 9.17) is 4.74 Å². The normalized spacial score (nSPS) is 22.4. The van der Waals surface area contributed by atoms with Crippen LogP contribution in [0.3, 0.4) is 0 Å². The number of hydrogen-bond acceptors (Lipinski definition) is 5. The minimum Gasteiger partial charge on any atom is -0.378 e. The topological polar surface area (TPSA) is 66.5 Å². The summed E-state index contributed by atoms with van der Waals surface area (Å²) in [5, 5.41) is 6.33. The maximum Gasteiger partial charge on any atom is 0.224 e. The van der Waals surface area contributed by atoms with Crippen LogP contribution in [0.1, 0.15) is 18.4 Å². The van der Waals surface area contributed by atoms with Gasteiger partial charge in [-0.15, -0.1) is 0 Å². The zero-order chi connectivity index (χ0) is 15.2. The van der Waals surface area contributed by atoms with Gasteiger partial charge in [0, 0.05) is 32.4 Å². The molecule has 0 aromatic carbocycles. The average Bonchev–Trinajstić information content (AvgIpc) is 2.61. The highest BCUT2D eigenvalue weighted by Gasteiger charge is 2.20. The van der Waals surface area contributed by atoms with Crippen LogP contribution in [0.4, 0.5) is 5.82 Å². The molecule has 22 heavy (non-hydrogen) atoms. The monoisotopic (exact) mass is 304 g/mol. The summed E-state index contributed by atoms with van der Waals surface area (Å²) < 4.78 is 5.37. The van der Waals surface area contributed by atoms with Crippen LogP contribution in [0.2, 0.25) is 0 Å². The van der Waals surface area contributed by atoms with Crippen LogP contribution in [-0.4, -0.2) is 50.3 Å². The predicted molar refractivity (Wildman–Crippen MR) is 84.7 cm³/mol. The van der Waals surface area contributed by atoms with Crippen molar-refractivity contribution in [2.24, 2.45) is 5.92 Å². The molecule has 3 rings (SSSR count). The molecule has 2 fully saturated rings. The lowest BCUT2D eigenvalue weighted by molar-refractivity contribution is -0.125. The van der Waals surface area contributed by atoms with Crippen molar-refractivity contribution in [3.63, 3.8) is 0 Å². The lowest BCUT2D eigenvalue weighted by atomic mass is 9.99. The van der Waals surface area contributed by atoms with Gasteiger partial charge in [0.15, 0.2) is 0 Å². The lowest BCUT2D eigenvalue weighted by Gasteiger charge is -2.28. The number of hydrogen-bond donors (Lipinski definition) is 2. The van der Waals surface area contributed by atoms with Gasteiger partial charge in [0.05, 0.1) is 19.1 Å². The number of carbonyl (C=O) groups is 1. The smallest absolute Gasteiger partial charge is 0.224 e. The van der Waals surface area contributed by atoms with Crippen molar-refractivity contribution in [2.75, 3.05) is 44.3 Å². The highest BCUT2D eigenvalue weighted by atomic mass is 16.5. The summed E-state index contributed by atoms with van der Waals surface area (Å²) in [6.45, 7) is 5.62. The fourth-order valence-corrected chi connectivity index (χ4v) is 2.95. The van der Waals surface area contributed by atoms with Crippen molar-refractivity contribution >= 4 is 11.7 Å². The van der Waals surface area contributed by atoms with Crippen molar-refractivity contribution in [1.29, 1.82) is 0 Å². The first-order valence-electron chi connectivity index (χ1n) is 8.09. The van der Waals surface area contributed by atoms with Crippen molar-refractivity contribution < 1.29 is 9.53 Å². The number of rotatable bonds is 4. The second kappa shape index (κ2) is 7.56. The summed E-state index contributed by atoms with van der Waals surface area (Å²) in [5.74, 6) is 1.22. The molecule has 0 aliphatic carbocycles. The highest BCUT2D eigenvalue weighted by molar-refractivity contribution is 5.79. The largest absolute Gasteiger partial charge is 0.378 e. The molecule has 120 valence electrons. The fraction of sp³-hybridized carbons (Fsp3) is 0.625. The first kappa shape index (κ1) is 15.2. The SMILES string of the molecule is O=C(NCc1ccnc(N2CCOCC2)c1)C1CCCNC1. The second-order valence-electron chi connectivity index (χ2n) is 5.88. The molecule has 0 spiro atoms. The van der Waals surface area contributed by atoms with Crippen molar-refractivity contribution in [3.05, 3.63) is 23.9 Å². The number of anilines is 1. The molecule has 1 aromatic heterocycles. The van der Waals surface area contributed by atoms with Gasteiger partial charge in [0.1, 0.15) is 5.82 Å². The number of piperidine rings is 1. The van der Waals surface area contributed by atoms with Crippen LogP contribution < -0.4 is 15.5 Å². The van der Waals surface area contributed by atoms with Gasteiger partial charge >= 0.3 is 0 Å². The fourth-order valence-electron chi connectivity index (χ4n) is 2.95. The Bertz CT molecular complexity index is 497. The third-order valence-corrected chi connectivity index (χ3v) is 4.28. The van der Waals surface area contributed by atoms with E-state index in [0.717, 1.165) is 63.6 Å². The van der Waals surface area contributed by atoms with E-state index in [2.05, 4.69) is 26.6 Å². The summed E-state index contributed by atoms with van der Waals surface area (Å²) in [6.07, 6.45) is 3.87. The maximum absolute atomic E-state index is 12.2. The van der Waals surface area contributed by atoms with Crippen molar-refractivity contribution in [2.45, 2.75) is 19.4 Å². The van der Waals surface area contributed by atoms with Crippen LogP contribution in [-0.2, 0) is 16.1 Å². The molecule has 1 atom stereocenters. The van der Waals surface area contributed by atoms with Gasteiger partial charge in [-0.25, -0.2) is 4.98 Å². The molecular weight excluding hydrogens is 280 g/mol. The molecule has 2 saturated heterocycles. The quantitative estimate of drug-likeness (QED) is 0.849. The summed E-state index contributed by atoms with van der Waals surface area (Å²) in [4.78, 5) is 18.8. The summed E-state index contributed by atoms with van der Waals surface area (Å²) in [6, 6.07) is 4.02. The Morgan fingerprint density at radius 2 is 2.32 bits per heavy atom. The van der Waals surface area contributed by atoms with Crippen LogP contribution in [0.15, 0.2) is 18.3 Å². The van der Waals surface area contributed by atoms with E-state index >= 15 is 0 Å². The molecule has 1 amide bonds. The summed E-state index contributed by atoms with van der Waals surface area (Å²) in [7, 11) is 0. The molecule has 0 saturated carbocycles. The van der Waals surface area contributed by atoms with Gasteiger partial charge in [-0.3, -0.25) is 4.79 Å². The van der Waals surface area contributed by atoms with E-state index < -0.39 is 0 Å². The number of amides is 1. The maximum atomic E-state index is 12.2. The molecule has 3 heterocycles. The standard InChI is InChI=1S/C16H24N4O2/c21-16(14-2-1-4-17-12-14)19-11-13-3-5-18-15(10-13)20-6-8-22-9-7-20/h3,5,10,14,17H,1-2,4,6-9,11-12H2,(H,19,21). The van der Waals surface area contributed by atoms with E-state index in [-0.39, 0.29) is 11.8 Å². The molecule has 1 unspecified atom stereocenters. The molecule has 0 bridgehead atoms. The Morgan fingerprint density at radius 3 is 3.09 bits per heavy atom. The number of aromatic nitrogens is 1. The van der Waals surface area contributed by atoms with E-state index in [0.29, 0.717) is 6.54 Å². The van der Waals surface area contributed by atoms with Gasteiger partial charge < -0.3 is 20.3 Å². The van der Waals surface area contributed by atoms with Gasteiger partial charge in [-0.05, 0) is 37.1 Å². The third-order valence-electron chi connectivity index (χ3n) is 4.28. The lowest BCUT2D eigenvalue weighted by Crippen LogP contribution is -2.40. The van der Waals surface area contributed by atoms with Crippen LogP contribution in [0, 0.1) is 5.92 Å². The number of carbonyl (C=O) groups excluding carboxylic acids is 1. The van der Waals surface area contributed by atoms with Crippen LogP contribution in [0.25, 0.3) is 0 Å².